The second-order valence-electron chi connectivity index (χ2n) is 11.6. The Balaban J connectivity index is 2.07. The van der Waals surface area contributed by atoms with Crippen molar-refractivity contribution in [3.8, 4) is 17.0 Å². The van der Waals surface area contributed by atoms with Crippen LogP contribution in [0.25, 0.3) is 11.1 Å². The zero-order valence-electron chi connectivity index (χ0n) is 23.1. The minimum atomic E-state index is -1.13. The predicted octanol–water partition coefficient (Wildman–Crippen LogP) is 6.59. The van der Waals surface area contributed by atoms with Crippen molar-refractivity contribution in [3.05, 3.63) is 35.8 Å². The molecule has 0 saturated carbocycles. The smallest absolute Gasteiger partial charge is 0.337 e. The number of rotatable bonds is 10. The van der Waals surface area contributed by atoms with Crippen molar-refractivity contribution in [2.45, 2.75) is 92.3 Å². The lowest BCUT2D eigenvalue weighted by Crippen LogP contribution is -2.39. The maximum Gasteiger partial charge on any atom is 0.337 e. The van der Waals surface area contributed by atoms with Crippen LogP contribution in [0.15, 0.2) is 24.5 Å². The van der Waals surface area contributed by atoms with E-state index in [1.165, 1.54) is 0 Å². The minimum absolute atomic E-state index is 0.255. The standard InChI is InChI=1S/C29H43N3O4/c1-8-9-10-17-35-23-12-11-21(18-31-23)22-19-30-20(2)24(26(27(33)34)36-28(3,4)5)25(22)32-15-13-29(6,7)14-16-32/h11-12,18-19,26H,8-10,13-17H2,1-7H3,(H,33,34)/t26-/m0/s1. The van der Waals surface area contributed by atoms with Gasteiger partial charge in [0.15, 0.2) is 6.10 Å². The number of aliphatic carboxylic acids is 1. The van der Waals surface area contributed by atoms with E-state index in [1.807, 2.05) is 46.0 Å². The molecule has 2 aromatic rings. The van der Waals surface area contributed by atoms with E-state index in [9.17, 15) is 9.90 Å². The molecule has 7 nitrogen and oxygen atoms in total. The lowest BCUT2D eigenvalue weighted by Gasteiger charge is -2.40. The number of aromatic nitrogens is 2. The molecule has 0 amide bonds. The van der Waals surface area contributed by atoms with E-state index >= 15 is 0 Å². The van der Waals surface area contributed by atoms with E-state index in [2.05, 4.69) is 35.6 Å². The number of anilines is 1. The fourth-order valence-electron chi connectivity index (χ4n) is 4.55. The third-order valence-corrected chi connectivity index (χ3v) is 6.72. The third-order valence-electron chi connectivity index (χ3n) is 6.72. The van der Waals surface area contributed by atoms with E-state index in [0.717, 1.165) is 62.0 Å². The maximum atomic E-state index is 12.5. The first-order valence-corrected chi connectivity index (χ1v) is 13.2. The average molecular weight is 498 g/mol. The van der Waals surface area contributed by atoms with E-state index < -0.39 is 17.7 Å². The normalized spacial score (nSPS) is 16.6. The average Bonchev–Trinajstić information content (AvgIpc) is 2.80. The summed E-state index contributed by atoms with van der Waals surface area (Å²) in [4.78, 5) is 24.0. The Hall–Kier alpha value is -2.67. The molecule has 7 heteroatoms. The van der Waals surface area contributed by atoms with Crippen molar-refractivity contribution in [2.24, 2.45) is 5.41 Å². The number of carboxylic acid groups (broad SMARTS) is 1. The van der Waals surface area contributed by atoms with Gasteiger partial charge in [-0.25, -0.2) is 9.78 Å². The first-order chi connectivity index (χ1) is 16.9. The Labute approximate surface area is 216 Å². The number of carboxylic acids is 1. The van der Waals surface area contributed by atoms with Gasteiger partial charge in [-0.05, 0) is 58.4 Å². The summed E-state index contributed by atoms with van der Waals surface area (Å²) in [7, 11) is 0. The van der Waals surface area contributed by atoms with Crippen LogP contribution in [-0.2, 0) is 9.53 Å². The Morgan fingerprint density at radius 2 is 1.83 bits per heavy atom. The molecular formula is C29H43N3O4. The summed E-state index contributed by atoms with van der Waals surface area (Å²) in [6.07, 6.45) is 7.83. The van der Waals surface area contributed by atoms with Gasteiger partial charge in [-0.3, -0.25) is 4.98 Å². The number of hydrogen-bond donors (Lipinski definition) is 1. The molecule has 2 aromatic heterocycles. The van der Waals surface area contributed by atoms with Gasteiger partial charge in [0.1, 0.15) is 0 Å². The second-order valence-corrected chi connectivity index (χ2v) is 11.6. The highest BCUT2D eigenvalue weighted by atomic mass is 16.5. The van der Waals surface area contributed by atoms with Crippen LogP contribution in [0.3, 0.4) is 0 Å². The molecule has 198 valence electrons. The highest BCUT2D eigenvalue weighted by molar-refractivity contribution is 5.86. The Bertz CT molecular complexity index is 1020. The number of nitrogens with zero attached hydrogens (tertiary/aromatic N) is 3. The largest absolute Gasteiger partial charge is 0.479 e. The number of carbonyl (C=O) groups is 1. The van der Waals surface area contributed by atoms with Crippen molar-refractivity contribution in [1.82, 2.24) is 9.97 Å². The fourth-order valence-corrected chi connectivity index (χ4v) is 4.55. The molecule has 0 radical (unpaired) electrons. The van der Waals surface area contributed by atoms with Crippen molar-refractivity contribution < 1.29 is 19.4 Å². The Kier molecular flexibility index (Phi) is 8.98. The highest BCUT2D eigenvalue weighted by Crippen LogP contribution is 2.43. The first-order valence-electron chi connectivity index (χ1n) is 13.2. The molecule has 1 aliphatic heterocycles. The van der Waals surface area contributed by atoms with Crippen LogP contribution in [0.5, 0.6) is 5.88 Å². The second kappa shape index (κ2) is 11.6. The predicted molar refractivity (Wildman–Crippen MR) is 144 cm³/mol. The lowest BCUT2D eigenvalue weighted by atomic mass is 9.82. The summed E-state index contributed by atoms with van der Waals surface area (Å²) in [6, 6.07) is 3.86. The highest BCUT2D eigenvalue weighted by Gasteiger charge is 2.35. The molecule has 0 aliphatic carbocycles. The van der Waals surface area contributed by atoms with Gasteiger partial charge in [-0.1, -0.05) is 33.6 Å². The minimum Gasteiger partial charge on any atom is -0.479 e. The third kappa shape index (κ3) is 7.19. The van der Waals surface area contributed by atoms with Gasteiger partial charge < -0.3 is 19.5 Å². The van der Waals surface area contributed by atoms with Gasteiger partial charge in [0.2, 0.25) is 5.88 Å². The summed E-state index contributed by atoms with van der Waals surface area (Å²) in [5.41, 5.74) is 3.53. The summed E-state index contributed by atoms with van der Waals surface area (Å²) in [5.74, 6) is -0.421. The van der Waals surface area contributed by atoms with Crippen LogP contribution in [0, 0.1) is 12.3 Å². The number of ether oxygens (including phenoxy) is 2. The van der Waals surface area contributed by atoms with Gasteiger partial charge in [0.25, 0.3) is 0 Å². The topological polar surface area (TPSA) is 84.8 Å². The molecule has 1 saturated heterocycles. The first kappa shape index (κ1) is 27.9. The number of unbranched alkanes of at least 4 members (excludes halogenated alkanes) is 2. The van der Waals surface area contributed by atoms with Crippen LogP contribution in [0.2, 0.25) is 0 Å². The molecule has 1 fully saturated rings. The molecule has 1 atom stereocenters. The molecule has 0 aromatic carbocycles. The van der Waals surface area contributed by atoms with Gasteiger partial charge in [-0.2, -0.15) is 0 Å². The van der Waals surface area contributed by atoms with Crippen LogP contribution >= 0.6 is 0 Å². The molecule has 36 heavy (non-hydrogen) atoms. The van der Waals surface area contributed by atoms with E-state index in [4.69, 9.17) is 9.47 Å². The molecule has 0 bridgehead atoms. The zero-order valence-corrected chi connectivity index (χ0v) is 23.1. The van der Waals surface area contributed by atoms with Crippen LogP contribution in [0.4, 0.5) is 5.69 Å². The SMILES string of the molecule is CCCCCOc1ccc(-c2cnc(C)c([C@H](OC(C)(C)C)C(=O)O)c2N2CCC(C)(C)CC2)cn1. The van der Waals surface area contributed by atoms with Gasteiger partial charge >= 0.3 is 5.97 Å². The van der Waals surface area contributed by atoms with E-state index in [-0.39, 0.29) is 5.41 Å². The monoisotopic (exact) mass is 497 g/mol. The summed E-state index contributed by atoms with van der Waals surface area (Å²) >= 11 is 0. The zero-order chi connectivity index (χ0) is 26.5. The summed E-state index contributed by atoms with van der Waals surface area (Å²) in [6.45, 7) is 16.6. The summed E-state index contributed by atoms with van der Waals surface area (Å²) in [5, 5.41) is 10.2. The maximum absolute atomic E-state index is 12.5. The Morgan fingerprint density at radius 1 is 1.14 bits per heavy atom. The lowest BCUT2D eigenvalue weighted by molar-refractivity contribution is -0.160. The molecule has 1 N–H and O–H groups in total. The molecule has 0 unspecified atom stereocenters. The van der Waals surface area contributed by atoms with E-state index in [0.29, 0.717) is 23.7 Å². The molecular weight excluding hydrogens is 454 g/mol. The number of piperidine rings is 1. The van der Waals surface area contributed by atoms with Crippen molar-refractivity contribution in [1.29, 1.82) is 0 Å². The molecule has 0 spiro atoms. The fraction of sp³-hybridized carbons (Fsp3) is 0.621. The quantitative estimate of drug-likeness (QED) is 0.371. The van der Waals surface area contributed by atoms with Crippen molar-refractivity contribution in [2.75, 3.05) is 24.6 Å². The van der Waals surface area contributed by atoms with Crippen LogP contribution in [-0.4, -0.2) is 46.3 Å². The number of aryl methyl sites for hydroxylation is 1. The molecule has 3 heterocycles. The van der Waals surface area contributed by atoms with Gasteiger partial charge in [0, 0.05) is 53.9 Å². The van der Waals surface area contributed by atoms with E-state index in [1.54, 1.807) is 6.20 Å². The van der Waals surface area contributed by atoms with Crippen LogP contribution in [0.1, 0.15) is 91.0 Å². The van der Waals surface area contributed by atoms with Gasteiger partial charge in [0.05, 0.1) is 17.9 Å². The van der Waals surface area contributed by atoms with Crippen LogP contribution < -0.4 is 9.64 Å². The van der Waals surface area contributed by atoms with Gasteiger partial charge in [-0.15, -0.1) is 0 Å². The van der Waals surface area contributed by atoms with Crippen molar-refractivity contribution >= 4 is 11.7 Å². The van der Waals surface area contributed by atoms with Crippen molar-refractivity contribution in [3.63, 3.8) is 0 Å². The number of pyridine rings is 2. The Morgan fingerprint density at radius 3 is 2.39 bits per heavy atom. The summed E-state index contributed by atoms with van der Waals surface area (Å²) < 4.78 is 11.9. The molecule has 1 aliphatic rings. The number of hydrogen-bond acceptors (Lipinski definition) is 6. The molecule has 3 rings (SSSR count).